The largest absolute Gasteiger partial charge is 0.506 e. The zero-order valence-corrected chi connectivity index (χ0v) is 18.7. The molecule has 0 aliphatic carbocycles. The van der Waals surface area contributed by atoms with Gasteiger partial charge in [-0.05, 0) is 41.5 Å². The number of rotatable bonds is 6. The second-order valence-electron chi connectivity index (χ2n) is 8.58. The van der Waals surface area contributed by atoms with Crippen molar-refractivity contribution in [1.82, 2.24) is 20.0 Å². The van der Waals surface area contributed by atoms with Gasteiger partial charge in [0.25, 0.3) is 5.91 Å². The van der Waals surface area contributed by atoms with Gasteiger partial charge in [0.1, 0.15) is 11.8 Å². The second-order valence-corrected chi connectivity index (χ2v) is 8.58. The molecule has 3 aromatic carbocycles. The van der Waals surface area contributed by atoms with Gasteiger partial charge in [0, 0.05) is 30.9 Å². The van der Waals surface area contributed by atoms with Crippen LogP contribution in [-0.4, -0.2) is 44.2 Å². The van der Waals surface area contributed by atoms with E-state index < -0.39 is 6.04 Å². The van der Waals surface area contributed by atoms with Crippen LogP contribution in [0.2, 0.25) is 0 Å². The number of hydrogen-bond donors (Lipinski definition) is 2. The summed E-state index contributed by atoms with van der Waals surface area (Å²) in [5, 5.41) is 19.4. The van der Waals surface area contributed by atoms with E-state index in [4.69, 9.17) is 0 Å². The highest BCUT2D eigenvalue weighted by Gasteiger charge is 2.35. The van der Waals surface area contributed by atoms with Gasteiger partial charge in [0.2, 0.25) is 5.91 Å². The molecule has 1 aliphatic rings. The summed E-state index contributed by atoms with van der Waals surface area (Å²) in [5.74, 6) is -0.528. The number of aromatic nitrogens is 2. The van der Waals surface area contributed by atoms with Crippen molar-refractivity contribution in [1.29, 1.82) is 0 Å². The summed E-state index contributed by atoms with van der Waals surface area (Å²) in [4.78, 5) is 27.8. The van der Waals surface area contributed by atoms with Crippen LogP contribution < -0.4 is 5.32 Å². The van der Waals surface area contributed by atoms with Crippen LogP contribution in [0.5, 0.6) is 5.75 Å². The Balaban J connectivity index is 1.23. The Bertz CT molecular complexity index is 1320. The molecule has 0 bridgehead atoms. The average molecular weight is 455 g/mol. The molecular formula is C27H26N4O3. The number of nitrogens with one attached hydrogen (secondary N) is 1. The van der Waals surface area contributed by atoms with E-state index in [0.717, 1.165) is 22.9 Å². The lowest BCUT2D eigenvalue weighted by Gasteiger charge is -2.24. The van der Waals surface area contributed by atoms with Crippen LogP contribution in [0, 0.1) is 0 Å². The highest BCUT2D eigenvalue weighted by Crippen LogP contribution is 2.31. The molecule has 5 rings (SSSR count). The number of benzene rings is 3. The molecule has 34 heavy (non-hydrogen) atoms. The molecule has 2 heterocycles. The molecule has 1 aliphatic heterocycles. The Labute approximate surface area is 197 Å². The fourth-order valence-electron chi connectivity index (χ4n) is 4.52. The second kappa shape index (κ2) is 9.39. The molecule has 0 spiro atoms. The lowest BCUT2D eigenvalue weighted by atomic mass is 10.0. The first-order valence-corrected chi connectivity index (χ1v) is 11.4. The molecule has 7 heteroatoms. The summed E-state index contributed by atoms with van der Waals surface area (Å²) in [7, 11) is 0. The summed E-state index contributed by atoms with van der Waals surface area (Å²) in [6.07, 6.45) is 5.03. The Hall–Kier alpha value is -4.13. The number of hydrogen-bond acceptors (Lipinski definition) is 4. The van der Waals surface area contributed by atoms with Crippen LogP contribution in [-0.2, 0) is 17.9 Å². The monoisotopic (exact) mass is 454 g/mol. The fourth-order valence-corrected chi connectivity index (χ4v) is 4.52. The van der Waals surface area contributed by atoms with Gasteiger partial charge in [0.05, 0.1) is 12.1 Å². The number of carbonyl (C=O) groups is 2. The highest BCUT2D eigenvalue weighted by molar-refractivity contribution is 6.05. The Morgan fingerprint density at radius 3 is 2.59 bits per heavy atom. The van der Waals surface area contributed by atoms with E-state index in [2.05, 4.69) is 10.4 Å². The summed E-state index contributed by atoms with van der Waals surface area (Å²) in [6.45, 7) is 1.58. The van der Waals surface area contributed by atoms with Crippen molar-refractivity contribution in [3.05, 3.63) is 95.8 Å². The average Bonchev–Trinajstić information content (AvgIpc) is 3.56. The van der Waals surface area contributed by atoms with Crippen LogP contribution in [0.1, 0.15) is 34.3 Å². The van der Waals surface area contributed by atoms with Crippen molar-refractivity contribution in [3.63, 3.8) is 0 Å². The molecule has 0 unspecified atom stereocenters. The summed E-state index contributed by atoms with van der Waals surface area (Å²) in [5.41, 5.74) is 2.34. The van der Waals surface area contributed by atoms with Gasteiger partial charge in [0.15, 0.2) is 0 Å². The molecule has 1 atom stereocenters. The third kappa shape index (κ3) is 4.37. The maximum atomic E-state index is 13.2. The fraction of sp³-hybridized carbons (Fsp3) is 0.222. The third-order valence-corrected chi connectivity index (χ3v) is 6.34. The van der Waals surface area contributed by atoms with Crippen molar-refractivity contribution < 1.29 is 14.7 Å². The van der Waals surface area contributed by atoms with E-state index in [9.17, 15) is 14.7 Å². The minimum Gasteiger partial charge on any atom is -0.506 e. The van der Waals surface area contributed by atoms with Crippen molar-refractivity contribution in [2.24, 2.45) is 0 Å². The number of phenolic OH excluding ortho intramolecular Hbond substituents is 1. The molecule has 7 nitrogen and oxygen atoms in total. The van der Waals surface area contributed by atoms with Gasteiger partial charge in [-0.1, -0.05) is 54.6 Å². The first-order chi connectivity index (χ1) is 16.6. The normalized spacial score (nSPS) is 15.5. The van der Waals surface area contributed by atoms with Crippen molar-refractivity contribution in [2.75, 3.05) is 6.54 Å². The van der Waals surface area contributed by atoms with Crippen LogP contribution >= 0.6 is 0 Å². The van der Waals surface area contributed by atoms with Crippen LogP contribution in [0.25, 0.3) is 10.8 Å². The van der Waals surface area contributed by atoms with Gasteiger partial charge in [-0.3, -0.25) is 14.3 Å². The van der Waals surface area contributed by atoms with Crippen LogP contribution in [0.3, 0.4) is 0 Å². The summed E-state index contributed by atoms with van der Waals surface area (Å²) >= 11 is 0. The number of aromatic hydroxyl groups is 1. The molecule has 2 amide bonds. The Morgan fingerprint density at radius 2 is 1.79 bits per heavy atom. The smallest absolute Gasteiger partial charge is 0.258 e. The number of fused-ring (bicyclic) bond motifs is 1. The van der Waals surface area contributed by atoms with Gasteiger partial charge >= 0.3 is 0 Å². The predicted octanol–water partition coefficient (Wildman–Crippen LogP) is 3.71. The van der Waals surface area contributed by atoms with E-state index in [0.29, 0.717) is 31.4 Å². The molecule has 0 radical (unpaired) electrons. The van der Waals surface area contributed by atoms with Crippen molar-refractivity contribution >= 4 is 22.6 Å². The molecule has 172 valence electrons. The van der Waals surface area contributed by atoms with E-state index in [-0.39, 0.29) is 23.1 Å². The zero-order chi connectivity index (χ0) is 23.5. The van der Waals surface area contributed by atoms with Crippen molar-refractivity contribution in [3.8, 4) is 5.75 Å². The first kappa shape index (κ1) is 21.7. The summed E-state index contributed by atoms with van der Waals surface area (Å²) in [6, 6.07) is 20.2. The quantitative estimate of drug-likeness (QED) is 0.465. The minimum absolute atomic E-state index is 0.0376. The van der Waals surface area contributed by atoms with E-state index >= 15 is 0 Å². The van der Waals surface area contributed by atoms with E-state index in [1.54, 1.807) is 23.2 Å². The Morgan fingerprint density at radius 1 is 1.00 bits per heavy atom. The lowest BCUT2D eigenvalue weighted by Crippen LogP contribution is -2.45. The zero-order valence-electron chi connectivity index (χ0n) is 18.7. The molecule has 1 fully saturated rings. The predicted molar refractivity (Wildman–Crippen MR) is 129 cm³/mol. The van der Waals surface area contributed by atoms with Gasteiger partial charge < -0.3 is 15.3 Å². The standard InChI is InChI=1S/C27H26N4O3/c32-25-22-6-2-1-5-21(22)12-13-23(25)27(34)31-16-3-7-24(31)26(33)28-17-19-8-10-20(11-9-19)18-30-15-4-14-29-30/h1-2,4-6,8-15,24,32H,3,7,16-18H2,(H,28,33)/t24-/m1/s1. The van der Waals surface area contributed by atoms with Gasteiger partial charge in [-0.15, -0.1) is 0 Å². The SMILES string of the molecule is O=C(NCc1ccc(Cn2cccn2)cc1)[C@H]1CCCN1C(=O)c1ccc2ccccc2c1O. The molecule has 4 aromatic rings. The minimum atomic E-state index is -0.544. The number of likely N-dealkylation sites (tertiary alicyclic amines) is 1. The molecule has 1 aromatic heterocycles. The first-order valence-electron chi connectivity index (χ1n) is 11.4. The number of amides is 2. The summed E-state index contributed by atoms with van der Waals surface area (Å²) < 4.78 is 1.86. The third-order valence-electron chi connectivity index (χ3n) is 6.34. The number of phenols is 1. The number of nitrogens with zero attached hydrogens (tertiary/aromatic N) is 3. The molecule has 0 saturated carbocycles. The van der Waals surface area contributed by atoms with Crippen LogP contribution in [0.4, 0.5) is 0 Å². The molecule has 2 N–H and O–H groups in total. The Kier molecular flexibility index (Phi) is 5.99. The van der Waals surface area contributed by atoms with Gasteiger partial charge in [-0.25, -0.2) is 0 Å². The van der Waals surface area contributed by atoms with Crippen LogP contribution in [0.15, 0.2) is 79.1 Å². The number of carbonyl (C=O) groups excluding carboxylic acids is 2. The highest BCUT2D eigenvalue weighted by atomic mass is 16.3. The van der Waals surface area contributed by atoms with E-state index in [1.165, 1.54) is 0 Å². The molecular weight excluding hydrogens is 428 g/mol. The van der Waals surface area contributed by atoms with E-state index in [1.807, 2.05) is 65.5 Å². The maximum absolute atomic E-state index is 13.2. The molecule has 1 saturated heterocycles. The topological polar surface area (TPSA) is 87.5 Å². The van der Waals surface area contributed by atoms with Crippen molar-refractivity contribution in [2.45, 2.75) is 32.0 Å². The maximum Gasteiger partial charge on any atom is 0.258 e. The van der Waals surface area contributed by atoms with Gasteiger partial charge in [-0.2, -0.15) is 5.10 Å². The lowest BCUT2D eigenvalue weighted by molar-refractivity contribution is -0.125.